The second-order valence-electron chi connectivity index (χ2n) is 7.34. The van der Waals surface area contributed by atoms with Gasteiger partial charge in [0.2, 0.25) is 0 Å². The summed E-state index contributed by atoms with van der Waals surface area (Å²) in [4.78, 5) is 4.77. The Bertz CT molecular complexity index is 1050. The van der Waals surface area contributed by atoms with E-state index in [-0.39, 0.29) is 0 Å². The van der Waals surface area contributed by atoms with Crippen molar-refractivity contribution in [3.8, 4) is 11.5 Å². The van der Waals surface area contributed by atoms with Gasteiger partial charge in [-0.2, -0.15) is 0 Å². The number of fused-ring (bicyclic) bond motifs is 1. The normalized spacial score (nSPS) is 11.1. The lowest BCUT2D eigenvalue weighted by atomic mass is 10.0. The number of nitrogens with zero attached hydrogens (tertiary/aromatic N) is 2. The van der Waals surface area contributed by atoms with Crippen molar-refractivity contribution < 1.29 is 9.47 Å². The fourth-order valence-electron chi connectivity index (χ4n) is 3.35. The summed E-state index contributed by atoms with van der Waals surface area (Å²) >= 11 is 0. The van der Waals surface area contributed by atoms with E-state index in [1.165, 1.54) is 5.56 Å². The van der Waals surface area contributed by atoms with Crippen LogP contribution in [0.3, 0.4) is 0 Å². The molecule has 0 aliphatic rings. The molecule has 3 aromatic carbocycles. The average molecular weight is 386 g/mol. The van der Waals surface area contributed by atoms with Gasteiger partial charge < -0.3 is 14.0 Å². The van der Waals surface area contributed by atoms with Gasteiger partial charge >= 0.3 is 0 Å². The van der Waals surface area contributed by atoms with Gasteiger partial charge in [0.05, 0.1) is 17.6 Å². The molecular formula is C25H26N2O2. The lowest BCUT2D eigenvalue weighted by molar-refractivity contribution is 0.272. The van der Waals surface area contributed by atoms with Crippen LogP contribution in [0.15, 0.2) is 78.9 Å². The number of hydrogen-bond donors (Lipinski definition) is 0. The highest BCUT2D eigenvalue weighted by molar-refractivity contribution is 5.75. The van der Waals surface area contributed by atoms with E-state index in [1.807, 2.05) is 60.7 Å². The van der Waals surface area contributed by atoms with E-state index in [9.17, 15) is 0 Å². The Morgan fingerprint density at radius 3 is 2.24 bits per heavy atom. The number of benzene rings is 3. The molecule has 0 saturated carbocycles. The molecule has 0 fully saturated rings. The molecular weight excluding hydrogens is 360 g/mol. The van der Waals surface area contributed by atoms with E-state index in [2.05, 4.69) is 36.6 Å². The maximum Gasteiger partial charge on any atom is 0.148 e. The zero-order valence-corrected chi connectivity index (χ0v) is 16.9. The van der Waals surface area contributed by atoms with Crippen molar-refractivity contribution in [2.45, 2.75) is 32.9 Å². The molecule has 0 bridgehead atoms. The molecule has 1 aromatic heterocycles. The molecule has 0 unspecified atom stereocenters. The largest absolute Gasteiger partial charge is 0.492 e. The van der Waals surface area contributed by atoms with Crippen LogP contribution in [0.4, 0.5) is 0 Å². The van der Waals surface area contributed by atoms with Crippen LogP contribution in [0.5, 0.6) is 11.5 Å². The summed E-state index contributed by atoms with van der Waals surface area (Å²) < 4.78 is 14.1. The van der Waals surface area contributed by atoms with Crippen molar-refractivity contribution in [2.75, 3.05) is 6.61 Å². The number of ether oxygens (including phenoxy) is 2. The van der Waals surface area contributed by atoms with Gasteiger partial charge in [0.25, 0.3) is 0 Å². The molecule has 0 N–H and O–H groups in total. The molecule has 0 saturated heterocycles. The molecule has 4 nitrogen and oxygen atoms in total. The molecule has 4 heteroatoms. The smallest absolute Gasteiger partial charge is 0.148 e. The van der Waals surface area contributed by atoms with Crippen LogP contribution >= 0.6 is 0 Å². The third kappa shape index (κ3) is 4.60. The highest BCUT2D eigenvalue weighted by Crippen LogP contribution is 2.20. The standard InChI is InChI=1S/C25H26N2O2/c1-19(2)20-12-14-22(15-13-20)28-17-16-27-24-11-7-6-10-23(24)26-25(27)18-29-21-8-4-3-5-9-21/h3-15,19H,16-18H2,1-2H3. The predicted molar refractivity (Wildman–Crippen MR) is 117 cm³/mol. The molecule has 148 valence electrons. The van der Waals surface area contributed by atoms with Crippen LogP contribution in [0.25, 0.3) is 11.0 Å². The van der Waals surface area contributed by atoms with Gasteiger partial charge in [0.15, 0.2) is 0 Å². The summed E-state index contributed by atoms with van der Waals surface area (Å²) in [6.45, 7) is 6.08. The van der Waals surface area contributed by atoms with Crippen LogP contribution < -0.4 is 9.47 Å². The van der Waals surface area contributed by atoms with Gasteiger partial charge in [-0.3, -0.25) is 0 Å². The van der Waals surface area contributed by atoms with E-state index in [1.54, 1.807) is 0 Å². The number of aromatic nitrogens is 2. The van der Waals surface area contributed by atoms with Crippen molar-refractivity contribution in [1.82, 2.24) is 9.55 Å². The molecule has 0 atom stereocenters. The number of hydrogen-bond acceptors (Lipinski definition) is 3. The molecule has 0 radical (unpaired) electrons. The Labute approximate surface area is 171 Å². The maximum atomic E-state index is 5.99. The summed E-state index contributed by atoms with van der Waals surface area (Å²) in [5, 5.41) is 0. The van der Waals surface area contributed by atoms with Gasteiger partial charge in [-0.05, 0) is 47.9 Å². The summed E-state index contributed by atoms with van der Waals surface area (Å²) in [7, 11) is 0. The Hall–Kier alpha value is -3.27. The monoisotopic (exact) mass is 386 g/mol. The molecule has 4 aromatic rings. The minimum absolute atomic E-state index is 0.418. The highest BCUT2D eigenvalue weighted by atomic mass is 16.5. The molecule has 1 heterocycles. The van der Waals surface area contributed by atoms with Crippen LogP contribution in [0.2, 0.25) is 0 Å². The quantitative estimate of drug-likeness (QED) is 0.383. The Morgan fingerprint density at radius 2 is 1.48 bits per heavy atom. The van der Waals surface area contributed by atoms with Crippen LogP contribution in [0.1, 0.15) is 31.2 Å². The SMILES string of the molecule is CC(C)c1ccc(OCCn2c(COc3ccccc3)nc3ccccc32)cc1. The second-order valence-corrected chi connectivity index (χ2v) is 7.34. The molecule has 4 rings (SSSR count). The van der Waals surface area contributed by atoms with Crippen LogP contribution in [0, 0.1) is 0 Å². The van der Waals surface area contributed by atoms with Gasteiger partial charge in [0, 0.05) is 0 Å². The fraction of sp³-hybridized carbons (Fsp3) is 0.240. The Kier molecular flexibility index (Phi) is 5.80. The fourth-order valence-corrected chi connectivity index (χ4v) is 3.35. The third-order valence-electron chi connectivity index (χ3n) is 4.98. The summed E-state index contributed by atoms with van der Waals surface area (Å²) in [5.74, 6) is 3.15. The van der Waals surface area contributed by atoms with Crippen molar-refractivity contribution in [3.63, 3.8) is 0 Å². The van der Waals surface area contributed by atoms with Crippen molar-refractivity contribution in [1.29, 1.82) is 0 Å². The third-order valence-corrected chi connectivity index (χ3v) is 4.98. The first-order chi connectivity index (χ1) is 14.2. The average Bonchev–Trinajstić information content (AvgIpc) is 3.11. The predicted octanol–water partition coefficient (Wildman–Crippen LogP) is 5.82. The Morgan fingerprint density at radius 1 is 0.793 bits per heavy atom. The summed E-state index contributed by atoms with van der Waals surface area (Å²) in [5.41, 5.74) is 3.39. The first kappa shape index (κ1) is 19.1. The minimum Gasteiger partial charge on any atom is -0.492 e. The zero-order valence-electron chi connectivity index (χ0n) is 16.9. The first-order valence-electron chi connectivity index (χ1n) is 10.1. The topological polar surface area (TPSA) is 36.3 Å². The van der Waals surface area contributed by atoms with Gasteiger partial charge in [-0.1, -0.05) is 56.3 Å². The summed E-state index contributed by atoms with van der Waals surface area (Å²) in [6.07, 6.45) is 0. The second kappa shape index (κ2) is 8.82. The number of rotatable bonds is 8. The van der Waals surface area contributed by atoms with Crippen LogP contribution in [-0.4, -0.2) is 16.2 Å². The Balaban J connectivity index is 1.46. The molecule has 0 aliphatic heterocycles. The van der Waals surface area contributed by atoms with E-state index < -0.39 is 0 Å². The minimum atomic E-state index is 0.418. The van der Waals surface area contributed by atoms with E-state index >= 15 is 0 Å². The number of para-hydroxylation sites is 3. The zero-order chi connectivity index (χ0) is 20.1. The highest BCUT2D eigenvalue weighted by Gasteiger charge is 2.11. The molecule has 0 spiro atoms. The lowest BCUT2D eigenvalue weighted by Crippen LogP contribution is -2.13. The van der Waals surface area contributed by atoms with E-state index in [4.69, 9.17) is 14.5 Å². The first-order valence-corrected chi connectivity index (χ1v) is 10.1. The van der Waals surface area contributed by atoms with Crippen LogP contribution in [-0.2, 0) is 13.2 Å². The van der Waals surface area contributed by atoms with Crippen molar-refractivity contribution in [2.24, 2.45) is 0 Å². The van der Waals surface area contributed by atoms with Crippen molar-refractivity contribution in [3.05, 3.63) is 90.3 Å². The molecule has 29 heavy (non-hydrogen) atoms. The van der Waals surface area contributed by atoms with E-state index in [0.717, 1.165) is 28.4 Å². The van der Waals surface area contributed by atoms with Gasteiger partial charge in [-0.25, -0.2) is 4.98 Å². The van der Waals surface area contributed by atoms with Gasteiger partial charge in [-0.15, -0.1) is 0 Å². The van der Waals surface area contributed by atoms with Crippen molar-refractivity contribution >= 4 is 11.0 Å². The van der Waals surface area contributed by atoms with E-state index in [0.29, 0.717) is 25.7 Å². The summed E-state index contributed by atoms with van der Waals surface area (Å²) in [6, 6.07) is 26.3. The molecule has 0 amide bonds. The lowest BCUT2D eigenvalue weighted by Gasteiger charge is -2.12. The molecule has 0 aliphatic carbocycles. The maximum absolute atomic E-state index is 5.99. The number of imidazole rings is 1. The van der Waals surface area contributed by atoms with Gasteiger partial charge in [0.1, 0.15) is 30.5 Å².